The molecule has 1 aliphatic rings. The first-order valence-corrected chi connectivity index (χ1v) is 8.86. The molecule has 1 rings (SSSR count). The molecule has 1 N–H and O–H groups in total. The van der Waals surface area contributed by atoms with Crippen LogP contribution in [0.3, 0.4) is 0 Å². The minimum atomic E-state index is -0.632. The van der Waals surface area contributed by atoms with E-state index in [4.69, 9.17) is 29.2 Å². The van der Waals surface area contributed by atoms with Crippen LogP contribution in [0.4, 0.5) is 0 Å². The van der Waals surface area contributed by atoms with Crippen LogP contribution in [0.15, 0.2) is 5.11 Å². The number of esters is 1. The van der Waals surface area contributed by atoms with E-state index < -0.39 is 6.29 Å². The smallest absolute Gasteiger partial charge is 0.302 e. The fourth-order valence-corrected chi connectivity index (χ4v) is 2.44. The van der Waals surface area contributed by atoms with E-state index in [1.807, 2.05) is 0 Å². The van der Waals surface area contributed by atoms with Crippen LogP contribution in [-0.2, 0) is 33.3 Å². The first kappa shape index (κ1) is 23.1. The topological polar surface area (TPSA) is 141 Å². The van der Waals surface area contributed by atoms with Crippen molar-refractivity contribution in [3.8, 4) is 0 Å². The van der Waals surface area contributed by atoms with Crippen molar-refractivity contribution in [3.05, 3.63) is 10.4 Å². The van der Waals surface area contributed by atoms with Gasteiger partial charge >= 0.3 is 5.97 Å². The van der Waals surface area contributed by atoms with E-state index in [1.165, 1.54) is 13.8 Å². The number of ether oxygens (including phenoxy) is 5. The molecule has 154 valence electrons. The van der Waals surface area contributed by atoms with Crippen LogP contribution in [0, 0.1) is 0 Å². The highest BCUT2D eigenvalue weighted by Gasteiger charge is 2.33. The van der Waals surface area contributed by atoms with Crippen LogP contribution in [0.25, 0.3) is 10.4 Å². The zero-order valence-corrected chi connectivity index (χ0v) is 15.8. The Kier molecular flexibility index (Phi) is 12.2. The van der Waals surface area contributed by atoms with Gasteiger partial charge in [0.1, 0.15) is 6.61 Å². The highest BCUT2D eigenvalue weighted by molar-refractivity contribution is 5.73. The predicted molar refractivity (Wildman–Crippen MR) is 93.7 cm³/mol. The lowest BCUT2D eigenvalue weighted by atomic mass is 10.0. The van der Waals surface area contributed by atoms with Gasteiger partial charge in [0.2, 0.25) is 5.91 Å². The normalized spacial score (nSPS) is 21.9. The SMILES string of the molecule is CC(=O)NC1CCC(COC(C)=O)OC1OCCOCCOCCN=[N+]=[N-]. The Bertz CT molecular complexity index is 499. The largest absolute Gasteiger partial charge is 0.463 e. The minimum Gasteiger partial charge on any atom is -0.463 e. The molecule has 1 aliphatic heterocycles. The standard InChI is InChI=1S/C16H28N4O7/c1-12(21)19-15-4-3-14(11-26-13(2)22)27-16(15)25-10-9-24-8-7-23-6-5-18-20-17/h14-16H,3-11H2,1-2H3,(H,19,21). The first-order valence-electron chi connectivity index (χ1n) is 8.86. The average molecular weight is 388 g/mol. The number of nitrogens with one attached hydrogen (secondary N) is 1. The summed E-state index contributed by atoms with van der Waals surface area (Å²) in [7, 11) is 0. The number of carbonyl (C=O) groups excluding carboxylic acids is 2. The molecule has 1 fully saturated rings. The van der Waals surface area contributed by atoms with E-state index in [2.05, 4.69) is 15.3 Å². The van der Waals surface area contributed by atoms with Gasteiger partial charge in [0.05, 0.1) is 45.2 Å². The predicted octanol–water partition coefficient (Wildman–Crippen LogP) is 0.919. The number of hydrogen-bond acceptors (Lipinski definition) is 8. The minimum absolute atomic E-state index is 0.158. The maximum absolute atomic E-state index is 11.3. The molecule has 0 aliphatic carbocycles. The molecule has 27 heavy (non-hydrogen) atoms. The number of rotatable bonds is 13. The van der Waals surface area contributed by atoms with Crippen molar-refractivity contribution in [2.75, 3.05) is 46.2 Å². The average Bonchev–Trinajstić information content (AvgIpc) is 2.62. The van der Waals surface area contributed by atoms with Crippen molar-refractivity contribution in [2.24, 2.45) is 5.11 Å². The summed E-state index contributed by atoms with van der Waals surface area (Å²) in [5.41, 5.74) is 8.12. The monoisotopic (exact) mass is 388 g/mol. The van der Waals surface area contributed by atoms with Gasteiger partial charge < -0.3 is 29.0 Å². The fraction of sp³-hybridized carbons (Fsp3) is 0.875. The van der Waals surface area contributed by atoms with E-state index in [-0.39, 0.29) is 43.8 Å². The lowest BCUT2D eigenvalue weighted by Crippen LogP contribution is -2.51. The van der Waals surface area contributed by atoms with Gasteiger partial charge in [-0.25, -0.2) is 0 Å². The van der Waals surface area contributed by atoms with Crippen LogP contribution < -0.4 is 5.32 Å². The molecule has 11 nitrogen and oxygen atoms in total. The van der Waals surface area contributed by atoms with Crippen molar-refractivity contribution in [1.82, 2.24) is 5.32 Å². The van der Waals surface area contributed by atoms with E-state index in [9.17, 15) is 9.59 Å². The highest BCUT2D eigenvalue weighted by atomic mass is 16.7. The van der Waals surface area contributed by atoms with Crippen LogP contribution in [0.5, 0.6) is 0 Å². The number of amides is 1. The molecule has 0 spiro atoms. The maximum atomic E-state index is 11.3. The Morgan fingerprint density at radius 2 is 1.85 bits per heavy atom. The third kappa shape index (κ3) is 11.4. The summed E-state index contributed by atoms with van der Waals surface area (Å²) in [5, 5.41) is 6.16. The molecule has 3 atom stereocenters. The van der Waals surface area contributed by atoms with Gasteiger partial charge in [-0.15, -0.1) is 0 Å². The van der Waals surface area contributed by atoms with Crippen molar-refractivity contribution in [1.29, 1.82) is 0 Å². The van der Waals surface area contributed by atoms with Crippen LogP contribution in [-0.4, -0.2) is 76.5 Å². The van der Waals surface area contributed by atoms with E-state index >= 15 is 0 Å². The summed E-state index contributed by atoms with van der Waals surface area (Å²) in [6, 6.07) is -0.264. The Morgan fingerprint density at radius 3 is 2.52 bits per heavy atom. The Balaban J connectivity index is 2.24. The van der Waals surface area contributed by atoms with Gasteiger partial charge in [-0.05, 0) is 18.4 Å². The zero-order chi connectivity index (χ0) is 19.9. The summed E-state index contributed by atoms with van der Waals surface area (Å²) in [6.45, 7) is 4.96. The molecule has 3 unspecified atom stereocenters. The number of nitrogens with zero attached hydrogens (tertiary/aromatic N) is 3. The molecular weight excluding hydrogens is 360 g/mol. The van der Waals surface area contributed by atoms with Crippen molar-refractivity contribution in [2.45, 2.75) is 45.1 Å². The third-order valence-electron chi connectivity index (χ3n) is 3.60. The Hall–Kier alpha value is -1.91. The molecule has 0 bridgehead atoms. The Morgan fingerprint density at radius 1 is 1.15 bits per heavy atom. The summed E-state index contributed by atoms with van der Waals surface area (Å²) in [6.07, 6.45) is 0.416. The molecule has 0 radical (unpaired) electrons. The zero-order valence-electron chi connectivity index (χ0n) is 15.8. The second-order valence-corrected chi connectivity index (χ2v) is 5.86. The Labute approximate surface area is 158 Å². The molecule has 0 saturated carbocycles. The van der Waals surface area contributed by atoms with Crippen LogP contribution in [0.1, 0.15) is 26.7 Å². The first-order chi connectivity index (χ1) is 13.0. The lowest BCUT2D eigenvalue weighted by Gasteiger charge is -2.36. The van der Waals surface area contributed by atoms with E-state index in [1.54, 1.807) is 0 Å². The molecule has 1 heterocycles. The van der Waals surface area contributed by atoms with Gasteiger partial charge in [0.25, 0.3) is 0 Å². The molecule has 0 aromatic heterocycles. The third-order valence-corrected chi connectivity index (χ3v) is 3.60. The molecular formula is C16H28N4O7. The number of azide groups is 1. The fourth-order valence-electron chi connectivity index (χ4n) is 2.44. The summed E-state index contributed by atoms with van der Waals surface area (Å²) in [4.78, 5) is 24.9. The summed E-state index contributed by atoms with van der Waals surface area (Å²) in [5.74, 6) is -0.528. The van der Waals surface area contributed by atoms with Crippen molar-refractivity contribution < 1.29 is 33.3 Å². The van der Waals surface area contributed by atoms with Crippen LogP contribution in [0.2, 0.25) is 0 Å². The molecule has 0 aromatic carbocycles. The molecule has 1 saturated heterocycles. The molecule has 0 aromatic rings. The van der Waals surface area contributed by atoms with Gasteiger partial charge in [0, 0.05) is 25.3 Å². The van der Waals surface area contributed by atoms with Crippen LogP contribution >= 0.6 is 0 Å². The van der Waals surface area contributed by atoms with Gasteiger partial charge in [-0.3, -0.25) is 9.59 Å². The van der Waals surface area contributed by atoms with Crippen molar-refractivity contribution >= 4 is 11.9 Å². The summed E-state index contributed by atoms with van der Waals surface area (Å²) < 4.78 is 27.1. The molecule has 1 amide bonds. The lowest BCUT2D eigenvalue weighted by molar-refractivity contribution is -0.221. The highest BCUT2D eigenvalue weighted by Crippen LogP contribution is 2.21. The van der Waals surface area contributed by atoms with Gasteiger partial charge in [-0.1, -0.05) is 5.11 Å². The maximum Gasteiger partial charge on any atom is 0.302 e. The molecule has 11 heteroatoms. The number of hydrogen-bond donors (Lipinski definition) is 1. The van der Waals surface area contributed by atoms with Gasteiger partial charge in [-0.2, -0.15) is 0 Å². The summed E-state index contributed by atoms with van der Waals surface area (Å²) >= 11 is 0. The quantitative estimate of drug-likeness (QED) is 0.162. The van der Waals surface area contributed by atoms with E-state index in [0.717, 1.165) is 0 Å². The number of carbonyl (C=O) groups is 2. The van der Waals surface area contributed by atoms with E-state index in [0.29, 0.717) is 39.3 Å². The van der Waals surface area contributed by atoms with Gasteiger partial charge in [0.15, 0.2) is 6.29 Å². The second-order valence-electron chi connectivity index (χ2n) is 5.86. The van der Waals surface area contributed by atoms with Crippen molar-refractivity contribution in [3.63, 3.8) is 0 Å². The second kappa shape index (κ2) is 14.2.